The van der Waals surface area contributed by atoms with E-state index in [1.807, 2.05) is 19.2 Å². The molecule has 0 aliphatic heterocycles. The summed E-state index contributed by atoms with van der Waals surface area (Å²) in [6.07, 6.45) is -0.000738. The van der Waals surface area contributed by atoms with E-state index in [0.717, 1.165) is 17.2 Å². The summed E-state index contributed by atoms with van der Waals surface area (Å²) in [6.45, 7) is 0.649. The lowest BCUT2D eigenvalue weighted by Crippen LogP contribution is -2.05. The highest BCUT2D eigenvalue weighted by Gasteiger charge is 2.18. The summed E-state index contributed by atoms with van der Waals surface area (Å²) in [5, 5.41) is 18.4. The van der Waals surface area contributed by atoms with E-state index in [1.165, 1.54) is 10.9 Å². The highest BCUT2D eigenvalue weighted by molar-refractivity contribution is 6.31. The van der Waals surface area contributed by atoms with Crippen LogP contribution in [0.15, 0.2) is 41.1 Å². The van der Waals surface area contributed by atoms with E-state index in [9.17, 15) is 13.2 Å². The van der Waals surface area contributed by atoms with Gasteiger partial charge in [0.15, 0.2) is 0 Å². The summed E-state index contributed by atoms with van der Waals surface area (Å²) >= 11 is 6.29. The molecule has 1 N–H and O–H groups in total. The van der Waals surface area contributed by atoms with Gasteiger partial charge in [-0.05, 0) is 24.7 Å². The molecule has 0 saturated heterocycles. The Kier molecular flexibility index (Phi) is 5.96. The van der Waals surface area contributed by atoms with Gasteiger partial charge in [0, 0.05) is 23.3 Å². The molecule has 160 valence electrons. The van der Waals surface area contributed by atoms with Crippen LogP contribution in [0.2, 0.25) is 5.02 Å². The van der Waals surface area contributed by atoms with Gasteiger partial charge in [-0.25, -0.2) is 9.07 Å². The molecule has 0 spiro atoms. The Labute approximate surface area is 179 Å². The van der Waals surface area contributed by atoms with Crippen LogP contribution in [0.3, 0.4) is 0 Å². The fourth-order valence-electron chi connectivity index (χ4n) is 2.84. The molecule has 0 amide bonds. The second kappa shape index (κ2) is 8.82. The molecule has 0 unspecified atom stereocenters. The van der Waals surface area contributed by atoms with E-state index in [0.29, 0.717) is 17.3 Å². The van der Waals surface area contributed by atoms with Crippen molar-refractivity contribution in [3.63, 3.8) is 0 Å². The Bertz CT molecular complexity index is 1210. The molecule has 0 aliphatic rings. The summed E-state index contributed by atoms with van der Waals surface area (Å²) in [4.78, 5) is 4.03. The molecule has 0 saturated carbocycles. The van der Waals surface area contributed by atoms with Crippen molar-refractivity contribution in [1.29, 1.82) is 0 Å². The van der Waals surface area contributed by atoms with E-state index < -0.39 is 18.1 Å². The van der Waals surface area contributed by atoms with Crippen LogP contribution in [-0.2, 0) is 13.1 Å². The van der Waals surface area contributed by atoms with E-state index in [2.05, 4.69) is 30.8 Å². The molecular formula is C19H15ClF3N7O. The van der Waals surface area contributed by atoms with Crippen molar-refractivity contribution in [2.24, 2.45) is 0 Å². The number of rotatable bonds is 7. The fraction of sp³-hybridized carbons (Fsp3) is 0.211. The van der Waals surface area contributed by atoms with Crippen LogP contribution >= 0.6 is 11.6 Å². The Morgan fingerprint density at radius 3 is 2.68 bits per heavy atom. The van der Waals surface area contributed by atoms with Crippen molar-refractivity contribution >= 4 is 11.6 Å². The molecular weight excluding hydrogens is 435 g/mol. The van der Waals surface area contributed by atoms with Crippen molar-refractivity contribution in [3.05, 3.63) is 64.6 Å². The van der Waals surface area contributed by atoms with Crippen LogP contribution in [0.25, 0.3) is 22.7 Å². The molecule has 0 fully saturated rings. The first-order chi connectivity index (χ1) is 14.9. The quantitative estimate of drug-likeness (QED) is 0.457. The van der Waals surface area contributed by atoms with Crippen molar-refractivity contribution in [2.75, 3.05) is 7.05 Å². The summed E-state index contributed by atoms with van der Waals surface area (Å²) in [7, 11) is 1.83. The second-order valence-corrected chi connectivity index (χ2v) is 6.94. The Balaban J connectivity index is 1.51. The van der Waals surface area contributed by atoms with Crippen molar-refractivity contribution in [2.45, 2.75) is 19.5 Å². The molecule has 0 bridgehead atoms. The number of nitrogens with one attached hydrogen (secondary N) is 1. The second-order valence-electron chi connectivity index (χ2n) is 6.54. The minimum Gasteiger partial charge on any atom is -0.415 e. The van der Waals surface area contributed by atoms with Gasteiger partial charge in [0.25, 0.3) is 5.89 Å². The van der Waals surface area contributed by atoms with E-state index in [-0.39, 0.29) is 23.7 Å². The van der Waals surface area contributed by atoms with E-state index in [4.69, 9.17) is 16.0 Å². The number of alkyl halides is 2. The molecule has 0 aliphatic carbocycles. The number of benzene rings is 1. The van der Waals surface area contributed by atoms with E-state index in [1.54, 1.807) is 12.3 Å². The molecule has 8 nitrogen and oxygen atoms in total. The van der Waals surface area contributed by atoms with Crippen molar-refractivity contribution in [3.8, 4) is 22.7 Å². The highest BCUT2D eigenvalue weighted by Crippen LogP contribution is 2.26. The average molecular weight is 450 g/mol. The molecule has 4 rings (SSSR count). The van der Waals surface area contributed by atoms with Crippen LogP contribution in [0.1, 0.15) is 23.6 Å². The highest BCUT2D eigenvalue weighted by atomic mass is 35.5. The van der Waals surface area contributed by atoms with Crippen LogP contribution in [0.5, 0.6) is 0 Å². The molecule has 31 heavy (non-hydrogen) atoms. The maximum atomic E-state index is 14.5. The van der Waals surface area contributed by atoms with Gasteiger partial charge in [0.2, 0.25) is 5.89 Å². The first-order valence-electron chi connectivity index (χ1n) is 9.04. The van der Waals surface area contributed by atoms with Gasteiger partial charge in [0.1, 0.15) is 11.5 Å². The molecule has 12 heteroatoms. The third kappa shape index (κ3) is 4.57. The average Bonchev–Trinajstić information content (AvgIpc) is 3.41. The molecule has 3 heterocycles. The van der Waals surface area contributed by atoms with Gasteiger partial charge in [-0.15, -0.1) is 15.3 Å². The molecule has 1 aromatic carbocycles. The molecule has 0 radical (unpaired) electrons. The van der Waals surface area contributed by atoms with Gasteiger partial charge in [-0.2, -0.15) is 8.78 Å². The lowest BCUT2D eigenvalue weighted by molar-refractivity contribution is 0.116. The number of aromatic nitrogens is 6. The Morgan fingerprint density at radius 1 is 1.16 bits per heavy atom. The van der Waals surface area contributed by atoms with Gasteiger partial charge >= 0.3 is 6.43 Å². The third-order valence-electron chi connectivity index (χ3n) is 4.36. The largest absolute Gasteiger partial charge is 0.415 e. The van der Waals surface area contributed by atoms with Gasteiger partial charge < -0.3 is 9.73 Å². The number of hydrogen-bond acceptors (Lipinski definition) is 7. The van der Waals surface area contributed by atoms with Gasteiger partial charge in [-0.1, -0.05) is 28.9 Å². The smallest absolute Gasteiger partial charge is 0.314 e. The summed E-state index contributed by atoms with van der Waals surface area (Å²) in [5.41, 5.74) is 2.47. The minimum absolute atomic E-state index is 0.0107. The maximum absolute atomic E-state index is 14.5. The monoisotopic (exact) mass is 449 g/mol. The molecule has 0 atom stereocenters. The lowest BCUT2D eigenvalue weighted by atomic mass is 10.1. The minimum atomic E-state index is -2.91. The van der Waals surface area contributed by atoms with E-state index >= 15 is 0 Å². The summed E-state index contributed by atoms with van der Waals surface area (Å²) < 4.78 is 45.9. The topological polar surface area (TPSA) is 94.6 Å². The number of hydrogen-bond donors (Lipinski definition) is 1. The summed E-state index contributed by atoms with van der Waals surface area (Å²) in [6, 6.07) is 6.64. The standard InChI is InChI=1S/C19H15ClF3N7O/c1-24-6-11-3-2-10(4-13(11)20)15-8-30(29-26-15)9-16-14(21)5-12(7-25-16)18-27-28-19(31-18)17(22)23/h2-5,7-8,17,24H,6,9H2,1H3. The van der Waals surface area contributed by atoms with Crippen LogP contribution < -0.4 is 5.32 Å². The van der Waals surface area contributed by atoms with Crippen LogP contribution in [0, 0.1) is 5.82 Å². The maximum Gasteiger partial charge on any atom is 0.314 e. The third-order valence-corrected chi connectivity index (χ3v) is 4.71. The Hall–Kier alpha value is -3.31. The van der Waals surface area contributed by atoms with Gasteiger partial charge in [0.05, 0.1) is 24.0 Å². The summed E-state index contributed by atoms with van der Waals surface area (Å²) in [5.74, 6) is -1.76. The normalized spacial score (nSPS) is 11.4. The zero-order valence-electron chi connectivity index (χ0n) is 16.1. The first kappa shape index (κ1) is 20.9. The lowest BCUT2D eigenvalue weighted by Gasteiger charge is -2.05. The number of halogens is 4. The zero-order chi connectivity index (χ0) is 22.0. The van der Waals surface area contributed by atoms with Crippen LogP contribution in [0.4, 0.5) is 13.2 Å². The van der Waals surface area contributed by atoms with Crippen molar-refractivity contribution in [1.82, 2.24) is 35.5 Å². The zero-order valence-corrected chi connectivity index (χ0v) is 16.8. The SMILES string of the molecule is CNCc1ccc(-c2cn(Cc3ncc(-c4nnc(C(F)F)o4)cc3F)nn2)cc1Cl. The van der Waals surface area contributed by atoms with Crippen LogP contribution in [-0.4, -0.2) is 37.2 Å². The van der Waals surface area contributed by atoms with Gasteiger partial charge in [-0.3, -0.25) is 4.98 Å². The fourth-order valence-corrected chi connectivity index (χ4v) is 3.09. The predicted molar refractivity (Wildman–Crippen MR) is 105 cm³/mol. The number of nitrogens with zero attached hydrogens (tertiary/aromatic N) is 6. The predicted octanol–water partition coefficient (Wildman–Crippen LogP) is 3.89. The van der Waals surface area contributed by atoms with Crippen molar-refractivity contribution < 1.29 is 17.6 Å². The molecule has 3 aromatic heterocycles. The molecule has 4 aromatic rings. The first-order valence-corrected chi connectivity index (χ1v) is 9.42. The Morgan fingerprint density at radius 2 is 2.00 bits per heavy atom. The number of pyridine rings is 1.